The number of carbonyl (C=O) groups is 2. The van der Waals surface area contributed by atoms with Gasteiger partial charge in [0.05, 0.1) is 49.2 Å². The molecule has 0 radical (unpaired) electrons. The lowest BCUT2D eigenvalue weighted by molar-refractivity contribution is 0.0600. The number of methoxy groups -OCH3 is 3. The second kappa shape index (κ2) is 11.6. The first-order valence-corrected chi connectivity index (χ1v) is 12.4. The molecular formula is C30H26N6O5. The summed E-state index contributed by atoms with van der Waals surface area (Å²) >= 11 is 0. The highest BCUT2D eigenvalue weighted by atomic mass is 16.5. The number of anilines is 4. The van der Waals surface area contributed by atoms with Crippen molar-refractivity contribution in [2.24, 2.45) is 5.73 Å². The molecule has 2 aromatic heterocycles. The summed E-state index contributed by atoms with van der Waals surface area (Å²) in [6, 6.07) is 20.3. The van der Waals surface area contributed by atoms with Gasteiger partial charge in [0, 0.05) is 34.8 Å². The Morgan fingerprint density at radius 3 is 2.24 bits per heavy atom. The quantitative estimate of drug-likeness (QED) is 0.212. The van der Waals surface area contributed by atoms with Crippen LogP contribution < -0.4 is 25.8 Å². The molecule has 0 aliphatic rings. The number of para-hydroxylation sites is 1. The van der Waals surface area contributed by atoms with Crippen molar-refractivity contribution in [1.29, 1.82) is 0 Å². The average molecular weight is 551 g/mol. The lowest BCUT2D eigenvalue weighted by atomic mass is 10.0. The Hall–Kier alpha value is -5.71. The number of rotatable bonds is 9. The van der Waals surface area contributed by atoms with Crippen molar-refractivity contribution in [2.45, 2.75) is 0 Å². The smallest absolute Gasteiger partial charge is 0.337 e. The van der Waals surface area contributed by atoms with Gasteiger partial charge >= 0.3 is 12.0 Å². The van der Waals surface area contributed by atoms with Crippen molar-refractivity contribution < 1.29 is 23.8 Å². The van der Waals surface area contributed by atoms with E-state index in [1.807, 2.05) is 54.6 Å². The van der Waals surface area contributed by atoms with Crippen molar-refractivity contribution in [3.8, 4) is 23.0 Å². The van der Waals surface area contributed by atoms with Gasteiger partial charge in [-0.3, -0.25) is 9.78 Å². The van der Waals surface area contributed by atoms with Crippen LogP contribution in [0.3, 0.4) is 0 Å². The topological polar surface area (TPSA) is 151 Å². The monoisotopic (exact) mass is 550 g/mol. The average Bonchev–Trinajstić information content (AvgIpc) is 3.00. The summed E-state index contributed by atoms with van der Waals surface area (Å²) in [6.07, 6.45) is 3.01. The van der Waals surface area contributed by atoms with Crippen molar-refractivity contribution in [1.82, 2.24) is 15.0 Å². The van der Waals surface area contributed by atoms with E-state index in [-0.39, 0.29) is 11.6 Å². The molecule has 0 saturated heterocycles. The summed E-state index contributed by atoms with van der Waals surface area (Å²) in [5, 5.41) is 7.19. The second-order valence-electron chi connectivity index (χ2n) is 8.83. The molecule has 5 rings (SSSR count). The number of amides is 1. The number of primary amides is 1. The molecule has 0 atom stereocenters. The maximum absolute atomic E-state index is 12.5. The van der Waals surface area contributed by atoms with E-state index in [9.17, 15) is 9.59 Å². The number of ether oxygens (including phenoxy) is 3. The second-order valence-corrected chi connectivity index (χ2v) is 8.83. The van der Waals surface area contributed by atoms with Crippen molar-refractivity contribution in [3.63, 3.8) is 0 Å². The van der Waals surface area contributed by atoms with E-state index in [1.54, 1.807) is 18.3 Å². The molecule has 1 amide bonds. The molecule has 4 N–H and O–H groups in total. The molecule has 0 spiro atoms. The Balaban J connectivity index is 1.60. The van der Waals surface area contributed by atoms with Gasteiger partial charge in [0.1, 0.15) is 0 Å². The molecule has 5 aromatic rings. The zero-order valence-corrected chi connectivity index (χ0v) is 22.5. The SMILES string of the molecule is COC(=O)c1cc(Nc2ccccc2)cc(Nc2c(C(N)=O)cnc3cc(-c4cnc(OC)nc4OC)ccc23)c1. The molecule has 0 aliphatic carbocycles. The summed E-state index contributed by atoms with van der Waals surface area (Å²) in [6.45, 7) is 0. The molecule has 0 fully saturated rings. The Morgan fingerprint density at radius 1 is 0.805 bits per heavy atom. The number of nitrogens with one attached hydrogen (secondary N) is 2. The summed E-state index contributed by atoms with van der Waals surface area (Å²) in [5.41, 5.74) is 10.6. The number of nitrogens with two attached hydrogens (primary N) is 1. The van der Waals surface area contributed by atoms with Gasteiger partial charge in [-0.05, 0) is 42.0 Å². The van der Waals surface area contributed by atoms with Gasteiger partial charge in [-0.25, -0.2) is 9.78 Å². The third-order valence-corrected chi connectivity index (χ3v) is 6.24. The van der Waals surface area contributed by atoms with E-state index in [0.29, 0.717) is 45.0 Å². The van der Waals surface area contributed by atoms with Gasteiger partial charge < -0.3 is 30.6 Å². The third-order valence-electron chi connectivity index (χ3n) is 6.24. The summed E-state index contributed by atoms with van der Waals surface area (Å²) in [4.78, 5) is 37.8. The fourth-order valence-corrected chi connectivity index (χ4v) is 4.33. The minimum atomic E-state index is -0.664. The highest BCUT2D eigenvalue weighted by Crippen LogP contribution is 2.35. The predicted octanol–water partition coefficient (Wildman–Crippen LogP) is 5.08. The summed E-state index contributed by atoms with van der Waals surface area (Å²) in [7, 11) is 4.30. The largest absolute Gasteiger partial charge is 0.480 e. The molecule has 0 unspecified atom stereocenters. The van der Waals surface area contributed by atoms with Gasteiger partial charge in [0.2, 0.25) is 5.88 Å². The van der Waals surface area contributed by atoms with Crippen molar-refractivity contribution in [3.05, 3.63) is 90.3 Å². The van der Waals surface area contributed by atoms with Crippen molar-refractivity contribution >= 4 is 45.5 Å². The van der Waals surface area contributed by atoms with Crippen LogP contribution in [-0.4, -0.2) is 48.2 Å². The molecule has 0 saturated carbocycles. The standard InChI is InChI=1S/C30H26N6O5/c1-39-28-23(15-33-30(36-28)41-3)17-9-10-22-25(13-17)32-16-24(27(31)37)26(22)35-21-12-18(29(38)40-2)11-20(14-21)34-19-7-5-4-6-8-19/h4-16,34H,1-3H3,(H2,31,37)(H,32,35). The first kappa shape index (κ1) is 26.9. The highest BCUT2D eigenvalue weighted by Gasteiger charge is 2.18. The number of hydrogen-bond donors (Lipinski definition) is 3. The van der Waals surface area contributed by atoms with E-state index in [4.69, 9.17) is 19.9 Å². The third kappa shape index (κ3) is 5.69. The Morgan fingerprint density at radius 2 is 1.56 bits per heavy atom. The fraction of sp³-hybridized carbons (Fsp3) is 0.100. The molecule has 0 aliphatic heterocycles. The van der Waals surface area contributed by atoms with Gasteiger partial charge in [-0.15, -0.1) is 0 Å². The fourth-order valence-electron chi connectivity index (χ4n) is 4.33. The minimum absolute atomic E-state index is 0.177. The number of pyridine rings is 1. The van der Waals surface area contributed by atoms with Crippen LogP contribution in [0.2, 0.25) is 0 Å². The molecule has 0 bridgehead atoms. The number of benzene rings is 3. The normalized spacial score (nSPS) is 10.6. The van der Waals surface area contributed by atoms with Crippen LogP contribution in [0.25, 0.3) is 22.0 Å². The molecular weight excluding hydrogens is 524 g/mol. The number of fused-ring (bicyclic) bond motifs is 1. The molecule has 11 heteroatoms. The number of hydrogen-bond acceptors (Lipinski definition) is 10. The Kier molecular flexibility index (Phi) is 7.59. The zero-order valence-electron chi connectivity index (χ0n) is 22.5. The maximum atomic E-state index is 12.5. The van der Waals surface area contributed by atoms with Crippen LogP contribution in [0.5, 0.6) is 11.9 Å². The zero-order chi connectivity index (χ0) is 28.9. The van der Waals surface area contributed by atoms with E-state index in [0.717, 1.165) is 11.3 Å². The van der Waals surface area contributed by atoms with Gasteiger partial charge in [-0.2, -0.15) is 4.98 Å². The maximum Gasteiger partial charge on any atom is 0.337 e. The molecule has 2 heterocycles. The van der Waals surface area contributed by atoms with Gasteiger partial charge in [-0.1, -0.05) is 30.3 Å². The highest BCUT2D eigenvalue weighted by molar-refractivity contribution is 6.08. The number of carbonyl (C=O) groups excluding carboxylic acids is 2. The Bertz CT molecular complexity index is 1760. The van der Waals surface area contributed by atoms with Crippen LogP contribution in [-0.2, 0) is 4.74 Å². The van der Waals surface area contributed by atoms with Crippen LogP contribution >= 0.6 is 0 Å². The summed E-state index contributed by atoms with van der Waals surface area (Å²) in [5.74, 6) is -0.843. The van der Waals surface area contributed by atoms with E-state index < -0.39 is 11.9 Å². The van der Waals surface area contributed by atoms with E-state index >= 15 is 0 Å². The first-order valence-electron chi connectivity index (χ1n) is 12.4. The Labute approximate surface area is 235 Å². The van der Waals surface area contributed by atoms with Crippen LogP contribution in [0.1, 0.15) is 20.7 Å². The lowest BCUT2D eigenvalue weighted by Gasteiger charge is -2.16. The minimum Gasteiger partial charge on any atom is -0.480 e. The van der Waals surface area contributed by atoms with E-state index in [2.05, 4.69) is 25.6 Å². The first-order chi connectivity index (χ1) is 19.9. The molecule has 206 valence electrons. The molecule has 41 heavy (non-hydrogen) atoms. The van der Waals surface area contributed by atoms with Crippen LogP contribution in [0, 0.1) is 0 Å². The van der Waals surface area contributed by atoms with E-state index in [1.165, 1.54) is 27.5 Å². The van der Waals surface area contributed by atoms with Crippen molar-refractivity contribution in [2.75, 3.05) is 32.0 Å². The van der Waals surface area contributed by atoms with Gasteiger partial charge in [0.25, 0.3) is 5.91 Å². The number of esters is 1. The van der Waals surface area contributed by atoms with Crippen LogP contribution in [0.4, 0.5) is 22.7 Å². The molecule has 11 nitrogen and oxygen atoms in total. The molecule has 3 aromatic carbocycles. The number of nitrogens with zero attached hydrogens (tertiary/aromatic N) is 3. The van der Waals surface area contributed by atoms with Gasteiger partial charge in [0.15, 0.2) is 0 Å². The lowest BCUT2D eigenvalue weighted by Crippen LogP contribution is -2.14. The predicted molar refractivity (Wildman–Crippen MR) is 155 cm³/mol. The van der Waals surface area contributed by atoms with Crippen LogP contribution in [0.15, 0.2) is 79.1 Å². The summed E-state index contributed by atoms with van der Waals surface area (Å²) < 4.78 is 15.5. The number of aromatic nitrogens is 3.